The van der Waals surface area contributed by atoms with E-state index < -0.39 is 0 Å². The van der Waals surface area contributed by atoms with Gasteiger partial charge in [-0.15, -0.1) is 24.8 Å². The molecule has 1 unspecified atom stereocenters. The third-order valence-electron chi connectivity index (χ3n) is 5.27. The van der Waals surface area contributed by atoms with Gasteiger partial charge in [-0.2, -0.15) is 5.26 Å². The van der Waals surface area contributed by atoms with Gasteiger partial charge in [0, 0.05) is 37.6 Å². The Bertz CT molecular complexity index is 675. The summed E-state index contributed by atoms with van der Waals surface area (Å²) in [7, 11) is 0. The lowest BCUT2D eigenvalue weighted by Gasteiger charge is -2.28. The summed E-state index contributed by atoms with van der Waals surface area (Å²) in [5.41, 5.74) is 1.11. The molecule has 1 aliphatic carbocycles. The van der Waals surface area contributed by atoms with Gasteiger partial charge in [-0.3, -0.25) is 9.78 Å². The van der Waals surface area contributed by atoms with Crippen LogP contribution in [0.3, 0.4) is 0 Å². The van der Waals surface area contributed by atoms with E-state index in [1.165, 1.54) is 0 Å². The van der Waals surface area contributed by atoms with Crippen molar-refractivity contribution in [3.8, 4) is 6.07 Å². The summed E-state index contributed by atoms with van der Waals surface area (Å²) in [6.45, 7) is 1.02. The number of nitrogens with zero attached hydrogens (tertiary/aromatic N) is 4. The van der Waals surface area contributed by atoms with Crippen molar-refractivity contribution < 1.29 is 9.63 Å². The Hall–Kier alpha value is -1.88. The zero-order valence-corrected chi connectivity index (χ0v) is 18.0. The Balaban J connectivity index is 0.00000210. The molecule has 2 fully saturated rings. The van der Waals surface area contributed by atoms with Crippen LogP contribution in [-0.4, -0.2) is 53.3 Å². The average molecular weight is 442 g/mol. The number of amides is 1. The van der Waals surface area contributed by atoms with Crippen molar-refractivity contribution in [1.82, 2.24) is 15.2 Å². The Morgan fingerprint density at radius 3 is 2.83 bits per heavy atom. The predicted molar refractivity (Wildman–Crippen MR) is 116 cm³/mol. The molecule has 1 atom stereocenters. The minimum atomic E-state index is -0.243. The maximum absolute atomic E-state index is 12.3. The van der Waals surface area contributed by atoms with Gasteiger partial charge in [-0.1, -0.05) is 11.2 Å². The van der Waals surface area contributed by atoms with Crippen LogP contribution in [-0.2, 0) is 16.1 Å². The molecule has 0 bridgehead atoms. The van der Waals surface area contributed by atoms with Crippen LogP contribution < -0.4 is 5.32 Å². The zero-order valence-electron chi connectivity index (χ0n) is 16.4. The van der Waals surface area contributed by atoms with Crippen LogP contribution in [0.5, 0.6) is 0 Å². The van der Waals surface area contributed by atoms with E-state index in [1.807, 2.05) is 18.3 Å². The lowest BCUT2D eigenvalue weighted by atomic mass is 9.93. The van der Waals surface area contributed by atoms with Crippen LogP contribution >= 0.6 is 24.8 Å². The highest BCUT2D eigenvalue weighted by Gasteiger charge is 2.29. The van der Waals surface area contributed by atoms with Gasteiger partial charge in [-0.05, 0) is 50.2 Å². The number of nitrogens with one attached hydrogen (secondary N) is 1. The van der Waals surface area contributed by atoms with Crippen LogP contribution in [0, 0.1) is 11.3 Å². The number of carbonyl (C=O) groups is 1. The van der Waals surface area contributed by atoms with Crippen LogP contribution in [0.2, 0.25) is 0 Å². The van der Waals surface area contributed by atoms with Crippen LogP contribution in [0.4, 0.5) is 0 Å². The smallest absolute Gasteiger partial charge is 0.237 e. The maximum Gasteiger partial charge on any atom is 0.237 e. The zero-order chi connectivity index (χ0) is 18.9. The summed E-state index contributed by atoms with van der Waals surface area (Å²) < 4.78 is 0. The van der Waals surface area contributed by atoms with Gasteiger partial charge in [0.25, 0.3) is 0 Å². The molecule has 0 aromatic carbocycles. The molecule has 1 N–H and O–H groups in total. The van der Waals surface area contributed by atoms with Gasteiger partial charge < -0.3 is 15.1 Å². The first-order valence-corrected chi connectivity index (χ1v) is 9.75. The van der Waals surface area contributed by atoms with Gasteiger partial charge in [0.2, 0.25) is 5.91 Å². The van der Waals surface area contributed by atoms with Gasteiger partial charge in [-0.25, -0.2) is 0 Å². The summed E-state index contributed by atoms with van der Waals surface area (Å²) in [4.78, 5) is 23.7. The number of rotatable bonds is 7. The molecule has 1 aromatic rings. The summed E-state index contributed by atoms with van der Waals surface area (Å²) in [6.07, 6.45) is 11.7. The molecule has 1 saturated carbocycles. The summed E-state index contributed by atoms with van der Waals surface area (Å²) in [5.74, 6) is 0.0393. The summed E-state index contributed by atoms with van der Waals surface area (Å²) >= 11 is 0. The van der Waals surface area contributed by atoms with Crippen LogP contribution in [0.25, 0.3) is 0 Å². The number of nitriles is 1. The third-order valence-corrected chi connectivity index (χ3v) is 5.27. The SMILES string of the molecule is Cl.Cl.N#CC1CCCN1C(=O)CNC1CCC(O/N=C/Cc2cccnc2)CC1. The van der Waals surface area contributed by atoms with Crippen molar-refractivity contribution in [1.29, 1.82) is 5.26 Å². The Morgan fingerprint density at radius 1 is 1.34 bits per heavy atom. The molecule has 29 heavy (non-hydrogen) atoms. The van der Waals surface area contributed by atoms with Crippen molar-refractivity contribution in [3.63, 3.8) is 0 Å². The molecular formula is C20H29Cl2N5O2. The lowest BCUT2D eigenvalue weighted by Crippen LogP contribution is -2.44. The van der Waals surface area contributed by atoms with Gasteiger partial charge in [0.1, 0.15) is 12.1 Å². The van der Waals surface area contributed by atoms with Crippen LogP contribution in [0.15, 0.2) is 29.7 Å². The van der Waals surface area contributed by atoms with Crippen molar-refractivity contribution in [2.24, 2.45) is 5.16 Å². The van der Waals surface area contributed by atoms with E-state index in [2.05, 4.69) is 21.5 Å². The highest BCUT2D eigenvalue weighted by molar-refractivity contribution is 5.85. The number of hydrogen-bond acceptors (Lipinski definition) is 6. The molecule has 1 aromatic heterocycles. The van der Waals surface area contributed by atoms with E-state index >= 15 is 0 Å². The molecule has 1 amide bonds. The van der Waals surface area contributed by atoms with Crippen LogP contribution in [0.1, 0.15) is 44.1 Å². The van der Waals surface area contributed by atoms with Crippen molar-refractivity contribution in [2.75, 3.05) is 13.1 Å². The fourth-order valence-electron chi connectivity index (χ4n) is 3.70. The first-order valence-electron chi connectivity index (χ1n) is 9.75. The standard InChI is InChI=1S/C20H27N5O2.2ClH/c21-13-18-4-2-12-25(18)20(26)15-23-17-5-7-19(8-6-17)27-24-11-9-16-3-1-10-22-14-16;;/h1,3,10-11,14,17-19,23H,2,4-9,12,15H2;2*1H/b24-11+;;. The molecule has 160 valence electrons. The Labute approximate surface area is 184 Å². The van der Waals surface area contributed by atoms with Gasteiger partial charge in [0.05, 0.1) is 12.6 Å². The molecule has 2 aliphatic rings. The number of oxime groups is 1. The number of pyridine rings is 1. The van der Waals surface area contributed by atoms with Crippen molar-refractivity contribution >= 4 is 36.9 Å². The number of carbonyl (C=O) groups excluding carboxylic acids is 1. The van der Waals surface area contributed by atoms with E-state index in [-0.39, 0.29) is 42.9 Å². The number of aromatic nitrogens is 1. The Morgan fingerprint density at radius 2 is 2.14 bits per heavy atom. The quantitative estimate of drug-likeness (QED) is 0.518. The lowest BCUT2D eigenvalue weighted by molar-refractivity contribution is -0.130. The minimum Gasteiger partial charge on any atom is -0.393 e. The molecule has 3 rings (SSSR count). The van der Waals surface area contributed by atoms with E-state index in [1.54, 1.807) is 17.3 Å². The van der Waals surface area contributed by atoms with E-state index in [9.17, 15) is 4.79 Å². The second kappa shape index (κ2) is 13.4. The molecule has 0 radical (unpaired) electrons. The average Bonchev–Trinajstić information content (AvgIpc) is 3.20. The second-order valence-electron chi connectivity index (χ2n) is 7.19. The van der Waals surface area contributed by atoms with Crippen molar-refractivity contribution in [3.05, 3.63) is 30.1 Å². The molecule has 1 aliphatic heterocycles. The van der Waals surface area contributed by atoms with Gasteiger partial charge >= 0.3 is 0 Å². The molecule has 7 nitrogen and oxygen atoms in total. The highest BCUT2D eigenvalue weighted by atomic mass is 35.5. The fraction of sp³-hybridized carbons (Fsp3) is 0.600. The monoisotopic (exact) mass is 441 g/mol. The molecular weight excluding hydrogens is 413 g/mol. The van der Waals surface area contributed by atoms with Crippen molar-refractivity contribution in [2.45, 2.75) is 63.1 Å². The molecule has 2 heterocycles. The Kier molecular flexibility index (Phi) is 11.6. The molecule has 1 saturated heterocycles. The number of likely N-dealkylation sites (tertiary alicyclic amines) is 1. The highest BCUT2D eigenvalue weighted by Crippen LogP contribution is 2.22. The predicted octanol–water partition coefficient (Wildman–Crippen LogP) is 2.89. The fourth-order valence-corrected chi connectivity index (χ4v) is 3.70. The maximum atomic E-state index is 12.3. The largest absolute Gasteiger partial charge is 0.393 e. The number of halogens is 2. The summed E-state index contributed by atoms with van der Waals surface area (Å²) in [5, 5.41) is 16.5. The molecule has 9 heteroatoms. The van der Waals surface area contributed by atoms with E-state index in [0.29, 0.717) is 25.6 Å². The minimum absolute atomic E-state index is 0. The van der Waals surface area contributed by atoms with Gasteiger partial charge in [0.15, 0.2) is 0 Å². The second-order valence-corrected chi connectivity index (χ2v) is 7.19. The van der Waals surface area contributed by atoms with E-state index in [0.717, 1.165) is 44.1 Å². The number of hydrogen-bond donors (Lipinski definition) is 1. The first-order chi connectivity index (χ1) is 13.3. The third kappa shape index (κ3) is 7.81. The normalized spacial score (nSPS) is 23.7. The van der Waals surface area contributed by atoms with E-state index in [4.69, 9.17) is 10.1 Å². The topological polar surface area (TPSA) is 90.6 Å². The first kappa shape index (κ1) is 25.2. The molecule has 0 spiro atoms. The summed E-state index contributed by atoms with van der Waals surface area (Å²) in [6, 6.07) is 6.23.